The van der Waals surface area contributed by atoms with E-state index in [2.05, 4.69) is 33.2 Å². The SMILES string of the molecule is S=C(NCCC1=CCCCC1)Nc1ccc2sncc2c1. The molecule has 0 unspecified atom stereocenters. The highest BCUT2D eigenvalue weighted by Crippen LogP contribution is 2.22. The second-order valence-corrected chi connectivity index (χ2v) is 6.56. The fraction of sp³-hybridized carbons (Fsp3) is 0.375. The Kier molecular flexibility index (Phi) is 4.83. The Morgan fingerprint density at radius 3 is 3.14 bits per heavy atom. The summed E-state index contributed by atoms with van der Waals surface area (Å²) in [5.74, 6) is 0. The molecule has 0 atom stereocenters. The molecule has 0 spiro atoms. The van der Waals surface area contributed by atoms with Crippen molar-refractivity contribution >= 4 is 44.6 Å². The molecule has 0 saturated heterocycles. The molecule has 1 heterocycles. The van der Waals surface area contributed by atoms with Gasteiger partial charge in [0.2, 0.25) is 0 Å². The predicted octanol–water partition coefficient (Wildman–Crippen LogP) is 4.47. The standard InChI is InChI=1S/C16H19N3S2/c20-16(17-9-8-12-4-2-1-3-5-12)19-14-6-7-15-13(10-14)11-18-21-15/h4,6-7,10-11H,1-3,5,8-9H2,(H2,17,19,20). The molecule has 3 rings (SSSR count). The largest absolute Gasteiger partial charge is 0.362 e. The molecule has 0 radical (unpaired) electrons. The quantitative estimate of drug-likeness (QED) is 0.644. The Morgan fingerprint density at radius 1 is 1.33 bits per heavy atom. The minimum atomic E-state index is 0.689. The maximum Gasteiger partial charge on any atom is 0.170 e. The third-order valence-corrected chi connectivity index (χ3v) is 4.75. The van der Waals surface area contributed by atoms with E-state index >= 15 is 0 Å². The summed E-state index contributed by atoms with van der Waals surface area (Å²) >= 11 is 6.86. The van der Waals surface area contributed by atoms with Crippen LogP contribution in [0.1, 0.15) is 32.1 Å². The van der Waals surface area contributed by atoms with Crippen LogP contribution in [0.15, 0.2) is 36.0 Å². The number of hydrogen-bond acceptors (Lipinski definition) is 3. The third kappa shape index (κ3) is 4.02. The monoisotopic (exact) mass is 317 g/mol. The van der Waals surface area contributed by atoms with E-state index < -0.39 is 0 Å². The van der Waals surface area contributed by atoms with Gasteiger partial charge in [0.15, 0.2) is 5.11 Å². The van der Waals surface area contributed by atoms with Gasteiger partial charge in [-0.05, 0) is 74.1 Å². The van der Waals surface area contributed by atoms with Crippen molar-refractivity contribution in [1.82, 2.24) is 9.69 Å². The van der Waals surface area contributed by atoms with E-state index in [1.807, 2.05) is 12.3 Å². The van der Waals surface area contributed by atoms with Crippen molar-refractivity contribution in [1.29, 1.82) is 0 Å². The van der Waals surface area contributed by atoms with E-state index in [0.717, 1.165) is 24.0 Å². The van der Waals surface area contributed by atoms with E-state index in [-0.39, 0.29) is 0 Å². The highest BCUT2D eigenvalue weighted by molar-refractivity contribution is 7.80. The van der Waals surface area contributed by atoms with Gasteiger partial charge in [-0.3, -0.25) is 0 Å². The summed E-state index contributed by atoms with van der Waals surface area (Å²) in [4.78, 5) is 0. The molecule has 21 heavy (non-hydrogen) atoms. The van der Waals surface area contributed by atoms with Crippen molar-refractivity contribution in [3.63, 3.8) is 0 Å². The summed E-state index contributed by atoms with van der Waals surface area (Å²) in [6, 6.07) is 6.19. The van der Waals surface area contributed by atoms with Gasteiger partial charge in [-0.1, -0.05) is 11.6 Å². The zero-order valence-electron chi connectivity index (χ0n) is 11.9. The van der Waals surface area contributed by atoms with Crippen molar-refractivity contribution in [2.75, 3.05) is 11.9 Å². The maximum atomic E-state index is 5.35. The van der Waals surface area contributed by atoms with Crippen molar-refractivity contribution in [2.24, 2.45) is 0 Å². The molecule has 110 valence electrons. The lowest BCUT2D eigenvalue weighted by Gasteiger charge is -2.14. The van der Waals surface area contributed by atoms with Crippen LogP contribution >= 0.6 is 23.8 Å². The second kappa shape index (κ2) is 7.00. The van der Waals surface area contributed by atoms with Gasteiger partial charge in [0.25, 0.3) is 0 Å². The van der Waals surface area contributed by atoms with Crippen LogP contribution in [0.4, 0.5) is 5.69 Å². The zero-order valence-corrected chi connectivity index (χ0v) is 13.5. The number of nitrogens with one attached hydrogen (secondary N) is 2. The summed E-state index contributed by atoms with van der Waals surface area (Å²) in [6.07, 6.45) is 10.5. The first-order chi connectivity index (χ1) is 10.3. The molecule has 5 heteroatoms. The number of rotatable bonds is 4. The van der Waals surface area contributed by atoms with Crippen LogP contribution in [0, 0.1) is 0 Å². The Hall–Kier alpha value is -1.46. The first kappa shape index (κ1) is 14.5. The van der Waals surface area contributed by atoms with Gasteiger partial charge in [0.05, 0.1) is 4.70 Å². The molecule has 1 aromatic carbocycles. The number of benzene rings is 1. The third-order valence-electron chi connectivity index (χ3n) is 3.73. The van der Waals surface area contributed by atoms with Gasteiger partial charge in [-0.2, -0.15) is 4.37 Å². The topological polar surface area (TPSA) is 37.0 Å². The number of nitrogens with zero attached hydrogens (tertiary/aromatic N) is 1. The Labute approximate surface area is 134 Å². The van der Waals surface area contributed by atoms with Gasteiger partial charge in [0, 0.05) is 23.8 Å². The summed E-state index contributed by atoms with van der Waals surface area (Å²) in [5, 5.41) is 8.37. The number of thiocarbonyl (C=S) groups is 1. The lowest BCUT2D eigenvalue weighted by Crippen LogP contribution is -2.29. The molecule has 1 aliphatic rings. The molecular weight excluding hydrogens is 298 g/mol. The molecule has 1 aliphatic carbocycles. The minimum Gasteiger partial charge on any atom is -0.362 e. The van der Waals surface area contributed by atoms with Gasteiger partial charge in [0.1, 0.15) is 0 Å². The van der Waals surface area contributed by atoms with E-state index in [1.54, 1.807) is 5.57 Å². The first-order valence-electron chi connectivity index (χ1n) is 7.38. The van der Waals surface area contributed by atoms with E-state index in [1.165, 1.54) is 41.9 Å². The number of allylic oxidation sites excluding steroid dienone is 1. The van der Waals surface area contributed by atoms with Crippen LogP contribution in [0.3, 0.4) is 0 Å². The Balaban J connectivity index is 1.48. The molecule has 2 N–H and O–H groups in total. The summed E-state index contributed by atoms with van der Waals surface area (Å²) in [7, 11) is 0. The van der Waals surface area contributed by atoms with Crippen LogP contribution in [-0.2, 0) is 0 Å². The molecule has 0 fully saturated rings. The number of aromatic nitrogens is 1. The Morgan fingerprint density at radius 2 is 2.29 bits per heavy atom. The van der Waals surface area contributed by atoms with E-state index in [4.69, 9.17) is 12.2 Å². The normalized spacial score (nSPS) is 14.8. The summed E-state index contributed by atoms with van der Waals surface area (Å²) in [5.41, 5.74) is 2.58. The lowest BCUT2D eigenvalue weighted by atomic mass is 9.97. The smallest absolute Gasteiger partial charge is 0.170 e. The average molecular weight is 317 g/mol. The molecule has 1 aromatic heterocycles. The van der Waals surface area contributed by atoms with Gasteiger partial charge >= 0.3 is 0 Å². The van der Waals surface area contributed by atoms with Crippen molar-refractivity contribution in [3.8, 4) is 0 Å². The summed E-state index contributed by atoms with van der Waals surface area (Å²) in [6.45, 7) is 0.903. The summed E-state index contributed by atoms with van der Waals surface area (Å²) < 4.78 is 5.38. The second-order valence-electron chi connectivity index (χ2n) is 5.32. The molecule has 0 bridgehead atoms. The molecule has 3 nitrogen and oxygen atoms in total. The first-order valence-corrected chi connectivity index (χ1v) is 8.56. The number of anilines is 1. The van der Waals surface area contributed by atoms with Crippen LogP contribution in [0.2, 0.25) is 0 Å². The predicted molar refractivity (Wildman–Crippen MR) is 95.0 cm³/mol. The fourth-order valence-electron chi connectivity index (χ4n) is 2.59. The van der Waals surface area contributed by atoms with Gasteiger partial charge in [-0.15, -0.1) is 0 Å². The Bertz CT molecular complexity index is 660. The molecular formula is C16H19N3S2. The highest BCUT2D eigenvalue weighted by atomic mass is 32.1. The van der Waals surface area contributed by atoms with Crippen molar-refractivity contribution in [3.05, 3.63) is 36.0 Å². The van der Waals surface area contributed by atoms with Crippen LogP contribution in [0.5, 0.6) is 0 Å². The lowest BCUT2D eigenvalue weighted by molar-refractivity contribution is 0.669. The van der Waals surface area contributed by atoms with E-state index in [9.17, 15) is 0 Å². The van der Waals surface area contributed by atoms with Crippen LogP contribution in [0.25, 0.3) is 10.1 Å². The molecule has 2 aromatic rings. The van der Waals surface area contributed by atoms with Crippen molar-refractivity contribution < 1.29 is 0 Å². The van der Waals surface area contributed by atoms with Crippen molar-refractivity contribution in [2.45, 2.75) is 32.1 Å². The van der Waals surface area contributed by atoms with Gasteiger partial charge in [-0.25, -0.2) is 0 Å². The highest BCUT2D eigenvalue weighted by Gasteiger charge is 2.04. The minimum absolute atomic E-state index is 0.689. The molecule has 0 saturated carbocycles. The van der Waals surface area contributed by atoms with Gasteiger partial charge < -0.3 is 10.6 Å². The van der Waals surface area contributed by atoms with Crippen LogP contribution in [-0.4, -0.2) is 16.0 Å². The van der Waals surface area contributed by atoms with Crippen LogP contribution < -0.4 is 10.6 Å². The number of hydrogen-bond donors (Lipinski definition) is 2. The average Bonchev–Trinajstić information content (AvgIpc) is 2.96. The molecule has 0 aliphatic heterocycles. The fourth-order valence-corrected chi connectivity index (χ4v) is 3.44. The van der Waals surface area contributed by atoms with E-state index in [0.29, 0.717) is 5.11 Å². The number of fused-ring (bicyclic) bond motifs is 1. The maximum absolute atomic E-state index is 5.35. The molecule has 0 amide bonds. The zero-order chi connectivity index (χ0) is 14.5.